The van der Waals surface area contributed by atoms with E-state index in [9.17, 15) is 14.4 Å². The lowest BCUT2D eigenvalue weighted by molar-refractivity contribution is -0.129. The highest BCUT2D eigenvalue weighted by Gasteiger charge is 2.26. The summed E-state index contributed by atoms with van der Waals surface area (Å²) in [4.78, 5) is 45.6. The highest BCUT2D eigenvalue weighted by molar-refractivity contribution is 7.18. The molecule has 2 aromatic carbocycles. The summed E-state index contributed by atoms with van der Waals surface area (Å²) >= 11 is 7.57. The van der Waals surface area contributed by atoms with Crippen molar-refractivity contribution in [2.24, 2.45) is 0 Å². The molecule has 218 valence electrons. The second-order valence-electron chi connectivity index (χ2n) is 9.99. The monoisotopic (exact) mass is 597 g/mol. The lowest BCUT2D eigenvalue weighted by Gasteiger charge is -2.27. The summed E-state index contributed by atoms with van der Waals surface area (Å²) < 4.78 is 6.29. The molecule has 3 N–H and O–H groups in total. The van der Waals surface area contributed by atoms with Crippen LogP contribution < -0.4 is 16.0 Å². The third-order valence-electron chi connectivity index (χ3n) is 6.77. The SMILES string of the molecule is C=C(CN1CCOCC1)C(=O)NC[C@H](Cc1ccccc1)NC(=O)[C@H](Cc1nc2ccc(Cl)cc2s1)NC(=O)CC. The van der Waals surface area contributed by atoms with Crippen molar-refractivity contribution in [2.75, 3.05) is 39.4 Å². The van der Waals surface area contributed by atoms with Crippen LogP contribution in [-0.2, 0) is 32.0 Å². The second-order valence-corrected chi connectivity index (χ2v) is 11.5. The van der Waals surface area contributed by atoms with Crippen molar-refractivity contribution in [1.82, 2.24) is 25.8 Å². The van der Waals surface area contributed by atoms with Crippen LogP contribution in [0.2, 0.25) is 5.02 Å². The van der Waals surface area contributed by atoms with E-state index in [0.717, 1.165) is 28.9 Å². The lowest BCUT2D eigenvalue weighted by atomic mass is 10.0. The van der Waals surface area contributed by atoms with E-state index >= 15 is 0 Å². The van der Waals surface area contributed by atoms with Crippen molar-refractivity contribution in [3.63, 3.8) is 0 Å². The maximum atomic E-state index is 13.6. The molecule has 3 aromatic rings. The first-order valence-corrected chi connectivity index (χ1v) is 14.9. The van der Waals surface area contributed by atoms with E-state index < -0.39 is 12.1 Å². The minimum absolute atomic E-state index is 0.204. The van der Waals surface area contributed by atoms with Crippen molar-refractivity contribution in [1.29, 1.82) is 0 Å². The van der Waals surface area contributed by atoms with Crippen LogP contribution in [0.1, 0.15) is 23.9 Å². The molecule has 0 bridgehead atoms. The van der Waals surface area contributed by atoms with E-state index in [4.69, 9.17) is 16.3 Å². The fourth-order valence-corrected chi connectivity index (χ4v) is 5.82. The molecule has 4 rings (SSSR count). The molecular formula is C30H36ClN5O4S. The average Bonchev–Trinajstić information content (AvgIpc) is 3.37. The maximum absolute atomic E-state index is 13.6. The predicted octanol–water partition coefficient (Wildman–Crippen LogP) is 3.12. The highest BCUT2D eigenvalue weighted by Crippen LogP contribution is 2.26. The first kappa shape index (κ1) is 30.6. The second kappa shape index (κ2) is 15.1. The molecule has 1 saturated heterocycles. The minimum Gasteiger partial charge on any atom is -0.379 e. The Morgan fingerprint density at radius 2 is 1.85 bits per heavy atom. The van der Waals surface area contributed by atoms with Gasteiger partial charge in [-0.25, -0.2) is 4.98 Å². The number of carbonyl (C=O) groups excluding carboxylic acids is 3. The van der Waals surface area contributed by atoms with Gasteiger partial charge in [0.05, 0.1) is 34.5 Å². The summed E-state index contributed by atoms with van der Waals surface area (Å²) in [6.45, 7) is 9.16. The number of ether oxygens (including phenoxy) is 1. The number of thiazole rings is 1. The normalized spacial score (nSPS) is 15.2. The molecule has 1 aliphatic heterocycles. The summed E-state index contributed by atoms with van der Waals surface area (Å²) in [7, 11) is 0. The quantitative estimate of drug-likeness (QED) is 0.261. The Hall–Kier alpha value is -3.31. The molecule has 41 heavy (non-hydrogen) atoms. The Kier molecular flexibility index (Phi) is 11.3. The Labute approximate surface area is 249 Å². The first-order valence-electron chi connectivity index (χ1n) is 13.8. The van der Waals surface area contributed by atoms with Gasteiger partial charge in [-0.1, -0.05) is 55.4 Å². The van der Waals surface area contributed by atoms with Crippen LogP contribution in [0.5, 0.6) is 0 Å². The van der Waals surface area contributed by atoms with E-state index in [1.165, 1.54) is 11.3 Å². The summed E-state index contributed by atoms with van der Waals surface area (Å²) in [5, 5.41) is 10.2. The van der Waals surface area contributed by atoms with E-state index in [1.54, 1.807) is 13.0 Å². The van der Waals surface area contributed by atoms with Crippen LogP contribution >= 0.6 is 22.9 Å². The highest BCUT2D eigenvalue weighted by atomic mass is 35.5. The van der Waals surface area contributed by atoms with Gasteiger partial charge in [0.15, 0.2) is 0 Å². The molecule has 2 atom stereocenters. The van der Waals surface area contributed by atoms with Gasteiger partial charge in [0.25, 0.3) is 0 Å². The number of carbonyl (C=O) groups is 3. The zero-order valence-electron chi connectivity index (χ0n) is 23.2. The van der Waals surface area contributed by atoms with Crippen LogP contribution in [0.4, 0.5) is 0 Å². The number of nitrogens with one attached hydrogen (secondary N) is 3. The molecule has 0 unspecified atom stereocenters. The Morgan fingerprint density at radius 3 is 2.59 bits per heavy atom. The standard InChI is InChI=1S/C30H36ClN5O4S/c1-3-27(37)34-25(17-28-35-24-10-9-22(31)16-26(24)41-28)30(39)33-23(15-21-7-5-4-6-8-21)18-32-29(38)20(2)19-36-11-13-40-14-12-36/h4-10,16,23,25H,2-3,11-15,17-19H2,1H3,(H,32,38)(H,33,39)(H,34,37)/t23-,25-/m0/s1. The number of hydrogen-bond acceptors (Lipinski definition) is 7. The summed E-state index contributed by atoms with van der Waals surface area (Å²) in [5.74, 6) is -0.833. The van der Waals surface area contributed by atoms with Crippen LogP contribution in [0.15, 0.2) is 60.7 Å². The number of amides is 3. The molecular weight excluding hydrogens is 562 g/mol. The molecule has 1 aromatic heterocycles. The van der Waals surface area contributed by atoms with Crippen LogP contribution in [0, 0.1) is 0 Å². The largest absolute Gasteiger partial charge is 0.379 e. The number of rotatable bonds is 13. The van der Waals surface area contributed by atoms with Crippen molar-refractivity contribution in [3.8, 4) is 0 Å². The van der Waals surface area contributed by atoms with Gasteiger partial charge in [0, 0.05) is 49.6 Å². The molecule has 0 radical (unpaired) electrons. The number of fused-ring (bicyclic) bond motifs is 1. The molecule has 1 fully saturated rings. The Morgan fingerprint density at radius 1 is 1.10 bits per heavy atom. The van der Waals surface area contributed by atoms with Crippen molar-refractivity contribution >= 4 is 50.9 Å². The summed E-state index contributed by atoms with van der Waals surface area (Å²) in [6.07, 6.45) is 0.972. The Balaban J connectivity index is 1.44. The zero-order valence-corrected chi connectivity index (χ0v) is 24.7. The van der Waals surface area contributed by atoms with Gasteiger partial charge in [0.1, 0.15) is 6.04 Å². The molecule has 2 heterocycles. The number of hydrogen-bond donors (Lipinski definition) is 3. The number of benzene rings is 2. The van der Waals surface area contributed by atoms with Crippen molar-refractivity contribution < 1.29 is 19.1 Å². The average molecular weight is 598 g/mol. The van der Waals surface area contributed by atoms with E-state index in [-0.39, 0.29) is 37.1 Å². The smallest absolute Gasteiger partial charge is 0.247 e. The molecule has 9 nitrogen and oxygen atoms in total. The van der Waals surface area contributed by atoms with Crippen LogP contribution in [-0.4, -0.2) is 79.1 Å². The number of halogens is 1. The van der Waals surface area contributed by atoms with E-state index in [1.807, 2.05) is 42.5 Å². The number of morpholine rings is 1. The Bertz CT molecular complexity index is 1360. The van der Waals surface area contributed by atoms with Crippen molar-refractivity contribution in [3.05, 3.63) is 76.3 Å². The zero-order chi connectivity index (χ0) is 29.2. The van der Waals surface area contributed by atoms with Gasteiger partial charge >= 0.3 is 0 Å². The molecule has 0 saturated carbocycles. The van der Waals surface area contributed by atoms with Gasteiger partial charge in [-0.3, -0.25) is 19.3 Å². The third kappa shape index (κ3) is 9.36. The third-order valence-corrected chi connectivity index (χ3v) is 8.04. The first-order chi connectivity index (χ1) is 19.8. The lowest BCUT2D eigenvalue weighted by Crippen LogP contribution is -2.53. The molecule has 11 heteroatoms. The number of aromatic nitrogens is 1. The number of nitrogens with zero attached hydrogens (tertiary/aromatic N) is 2. The molecule has 3 amide bonds. The van der Waals surface area contributed by atoms with Gasteiger partial charge in [-0.15, -0.1) is 11.3 Å². The van der Waals surface area contributed by atoms with E-state index in [2.05, 4.69) is 32.4 Å². The van der Waals surface area contributed by atoms with Gasteiger partial charge < -0.3 is 20.7 Å². The molecule has 0 aliphatic carbocycles. The topological polar surface area (TPSA) is 113 Å². The molecule has 0 spiro atoms. The summed E-state index contributed by atoms with van der Waals surface area (Å²) in [5.41, 5.74) is 2.26. The van der Waals surface area contributed by atoms with Gasteiger partial charge in [-0.2, -0.15) is 0 Å². The molecule has 1 aliphatic rings. The predicted molar refractivity (Wildman–Crippen MR) is 162 cm³/mol. The van der Waals surface area contributed by atoms with Crippen LogP contribution in [0.25, 0.3) is 10.2 Å². The van der Waals surface area contributed by atoms with Crippen molar-refractivity contribution in [2.45, 2.75) is 38.3 Å². The summed E-state index contributed by atoms with van der Waals surface area (Å²) in [6, 6.07) is 13.9. The van der Waals surface area contributed by atoms with Gasteiger partial charge in [0.2, 0.25) is 17.7 Å². The minimum atomic E-state index is -0.830. The van der Waals surface area contributed by atoms with Gasteiger partial charge in [-0.05, 0) is 30.2 Å². The fraction of sp³-hybridized carbons (Fsp3) is 0.400. The van der Waals surface area contributed by atoms with Crippen LogP contribution in [0.3, 0.4) is 0 Å². The van der Waals surface area contributed by atoms with E-state index in [0.29, 0.717) is 41.8 Å². The fourth-order valence-electron chi connectivity index (χ4n) is 4.53. The maximum Gasteiger partial charge on any atom is 0.247 e.